The molecule has 134 valence electrons. The highest BCUT2D eigenvalue weighted by molar-refractivity contribution is 7.00. The zero-order valence-corrected chi connectivity index (χ0v) is 15.3. The number of benzene rings is 2. The van der Waals surface area contributed by atoms with Gasteiger partial charge in [-0.3, -0.25) is 4.79 Å². The number of rotatable bonds is 6. The van der Waals surface area contributed by atoms with Crippen LogP contribution < -0.4 is 0 Å². The largest absolute Gasteiger partial charge is 0.466 e. The Morgan fingerprint density at radius 2 is 1.81 bits per heavy atom. The molecule has 3 rings (SSSR count). The average Bonchev–Trinajstić information content (AvgIpc) is 3.14. The van der Waals surface area contributed by atoms with Crippen LogP contribution in [0.2, 0.25) is 0 Å². The average molecular weight is 370 g/mol. The molecule has 0 fully saturated rings. The fourth-order valence-electron chi connectivity index (χ4n) is 2.73. The highest BCUT2D eigenvalue weighted by Crippen LogP contribution is 2.26. The number of aromatic nitrogens is 2. The van der Waals surface area contributed by atoms with Crippen LogP contribution in [-0.4, -0.2) is 34.4 Å². The van der Waals surface area contributed by atoms with E-state index in [4.69, 9.17) is 9.47 Å². The van der Waals surface area contributed by atoms with Crippen LogP contribution in [0, 0.1) is 0 Å². The second-order valence-electron chi connectivity index (χ2n) is 5.71. The van der Waals surface area contributed by atoms with Crippen LogP contribution in [0.25, 0.3) is 11.0 Å². The van der Waals surface area contributed by atoms with Gasteiger partial charge in [-0.2, -0.15) is 8.75 Å². The Morgan fingerprint density at radius 3 is 2.50 bits per heavy atom. The van der Waals surface area contributed by atoms with Crippen LogP contribution in [0.5, 0.6) is 0 Å². The van der Waals surface area contributed by atoms with Crippen molar-refractivity contribution >= 4 is 34.7 Å². The molecule has 1 unspecified atom stereocenters. The van der Waals surface area contributed by atoms with Crippen LogP contribution in [0.15, 0.2) is 42.5 Å². The number of ether oxygens (including phenoxy) is 2. The van der Waals surface area contributed by atoms with Crippen LogP contribution in [0.3, 0.4) is 0 Å². The number of hydrogen-bond donors (Lipinski definition) is 0. The second kappa shape index (κ2) is 8.05. The zero-order valence-electron chi connectivity index (χ0n) is 14.5. The quantitative estimate of drug-likeness (QED) is 0.619. The van der Waals surface area contributed by atoms with Crippen LogP contribution in [-0.2, 0) is 20.7 Å². The maximum atomic E-state index is 12.5. The zero-order chi connectivity index (χ0) is 18.5. The minimum absolute atomic E-state index is 0.285. The van der Waals surface area contributed by atoms with Gasteiger partial charge in [-0.1, -0.05) is 18.2 Å². The summed E-state index contributed by atoms with van der Waals surface area (Å²) in [5, 5.41) is 0. The smallest absolute Gasteiger partial charge is 0.337 e. The Bertz CT molecular complexity index is 921. The van der Waals surface area contributed by atoms with Crippen molar-refractivity contribution in [3.8, 4) is 0 Å². The van der Waals surface area contributed by atoms with Crippen molar-refractivity contribution in [1.82, 2.24) is 8.75 Å². The van der Waals surface area contributed by atoms with E-state index in [9.17, 15) is 9.59 Å². The summed E-state index contributed by atoms with van der Waals surface area (Å²) in [5.74, 6) is -1.13. The lowest BCUT2D eigenvalue weighted by atomic mass is 9.91. The molecule has 7 heteroatoms. The van der Waals surface area contributed by atoms with Gasteiger partial charge >= 0.3 is 11.9 Å². The Labute approximate surface area is 155 Å². The van der Waals surface area contributed by atoms with Crippen molar-refractivity contribution < 1.29 is 19.1 Å². The van der Waals surface area contributed by atoms with E-state index in [1.165, 1.54) is 7.11 Å². The molecule has 0 saturated carbocycles. The van der Waals surface area contributed by atoms with Crippen LogP contribution in [0.1, 0.15) is 34.3 Å². The molecule has 6 nitrogen and oxygen atoms in total. The topological polar surface area (TPSA) is 78.4 Å². The van der Waals surface area contributed by atoms with Gasteiger partial charge in [0.2, 0.25) is 0 Å². The number of carbonyl (C=O) groups is 2. The van der Waals surface area contributed by atoms with E-state index in [1.807, 2.05) is 30.3 Å². The number of esters is 2. The lowest BCUT2D eigenvalue weighted by Crippen LogP contribution is -2.18. The summed E-state index contributed by atoms with van der Waals surface area (Å²) >= 11 is 1.14. The maximum absolute atomic E-state index is 12.5. The molecule has 1 heterocycles. The summed E-state index contributed by atoms with van der Waals surface area (Å²) in [6.45, 7) is 2.10. The molecule has 0 saturated heterocycles. The monoisotopic (exact) mass is 370 g/mol. The summed E-state index contributed by atoms with van der Waals surface area (Å²) in [5.41, 5.74) is 3.80. The lowest BCUT2D eigenvalue weighted by molar-refractivity contribution is -0.144. The summed E-state index contributed by atoms with van der Waals surface area (Å²) in [7, 11) is 1.34. The highest BCUT2D eigenvalue weighted by Gasteiger charge is 2.23. The molecule has 0 aliphatic heterocycles. The number of nitrogens with zero attached hydrogens (tertiary/aromatic N) is 2. The first-order chi connectivity index (χ1) is 12.6. The fraction of sp³-hybridized carbons (Fsp3) is 0.263. The predicted octanol–water partition coefficient (Wildman–Crippen LogP) is 3.37. The van der Waals surface area contributed by atoms with Crippen molar-refractivity contribution in [2.24, 2.45) is 0 Å². The summed E-state index contributed by atoms with van der Waals surface area (Å²) in [6.07, 6.45) is 0.462. The van der Waals surface area contributed by atoms with Gasteiger partial charge in [0.05, 0.1) is 36.9 Å². The normalized spacial score (nSPS) is 11.9. The van der Waals surface area contributed by atoms with Gasteiger partial charge in [0.1, 0.15) is 11.0 Å². The van der Waals surface area contributed by atoms with Gasteiger partial charge in [-0.25, -0.2) is 4.79 Å². The summed E-state index contributed by atoms with van der Waals surface area (Å²) < 4.78 is 18.4. The number of hydrogen-bond acceptors (Lipinski definition) is 7. The minimum atomic E-state index is -0.454. The van der Waals surface area contributed by atoms with Gasteiger partial charge in [-0.15, -0.1) is 0 Å². The number of fused-ring (bicyclic) bond motifs is 1. The molecular weight excluding hydrogens is 352 g/mol. The first-order valence-electron chi connectivity index (χ1n) is 8.18. The van der Waals surface area contributed by atoms with Gasteiger partial charge in [0.25, 0.3) is 0 Å². The van der Waals surface area contributed by atoms with Crippen molar-refractivity contribution in [3.63, 3.8) is 0 Å². The van der Waals surface area contributed by atoms with Crippen molar-refractivity contribution in [2.45, 2.75) is 19.3 Å². The maximum Gasteiger partial charge on any atom is 0.337 e. The van der Waals surface area contributed by atoms with E-state index < -0.39 is 5.92 Å². The SMILES string of the molecule is CCOC(=O)C(Cc1ccc(C(=O)OC)cc1)c1ccc2nsnc2c1. The molecule has 3 aromatic rings. The van der Waals surface area contributed by atoms with Crippen LogP contribution >= 0.6 is 11.7 Å². The van der Waals surface area contributed by atoms with Crippen molar-refractivity contribution in [3.05, 3.63) is 59.2 Å². The molecule has 0 radical (unpaired) electrons. The molecule has 1 atom stereocenters. The van der Waals surface area contributed by atoms with Gasteiger partial charge in [0.15, 0.2) is 0 Å². The first-order valence-corrected chi connectivity index (χ1v) is 8.91. The van der Waals surface area contributed by atoms with E-state index in [2.05, 4.69) is 8.75 Å². The van der Waals surface area contributed by atoms with Gasteiger partial charge < -0.3 is 9.47 Å². The Balaban J connectivity index is 1.88. The highest BCUT2D eigenvalue weighted by atomic mass is 32.1. The van der Waals surface area contributed by atoms with Crippen molar-refractivity contribution in [2.75, 3.05) is 13.7 Å². The Kier molecular flexibility index (Phi) is 5.58. The van der Waals surface area contributed by atoms with E-state index in [-0.39, 0.29) is 11.9 Å². The molecule has 26 heavy (non-hydrogen) atoms. The molecule has 0 bridgehead atoms. The third-order valence-electron chi connectivity index (χ3n) is 4.07. The summed E-state index contributed by atoms with van der Waals surface area (Å²) in [4.78, 5) is 24.1. The van der Waals surface area contributed by atoms with Gasteiger partial charge in [-0.05, 0) is 48.7 Å². The third kappa shape index (κ3) is 3.88. The van der Waals surface area contributed by atoms with E-state index >= 15 is 0 Å². The molecule has 0 aliphatic rings. The molecule has 0 aliphatic carbocycles. The molecule has 0 amide bonds. The number of methoxy groups -OCH3 is 1. The minimum Gasteiger partial charge on any atom is -0.466 e. The second-order valence-corrected chi connectivity index (χ2v) is 6.24. The fourth-order valence-corrected chi connectivity index (χ4v) is 3.24. The first kappa shape index (κ1) is 18.0. The van der Waals surface area contributed by atoms with E-state index in [0.717, 1.165) is 33.9 Å². The molecule has 1 aromatic heterocycles. The summed E-state index contributed by atoms with van der Waals surface area (Å²) in [6, 6.07) is 12.6. The third-order valence-corrected chi connectivity index (χ3v) is 4.62. The molecule has 2 aromatic carbocycles. The molecular formula is C19H18N2O4S. The Morgan fingerprint density at radius 1 is 1.08 bits per heavy atom. The van der Waals surface area contributed by atoms with Gasteiger partial charge in [0, 0.05) is 0 Å². The molecule has 0 N–H and O–H groups in total. The van der Waals surface area contributed by atoms with E-state index in [0.29, 0.717) is 18.6 Å². The lowest BCUT2D eigenvalue weighted by Gasteiger charge is -2.16. The Hall–Kier alpha value is -2.80. The van der Waals surface area contributed by atoms with Crippen LogP contribution in [0.4, 0.5) is 0 Å². The molecule has 0 spiro atoms. The number of carbonyl (C=O) groups excluding carboxylic acids is 2. The predicted molar refractivity (Wildman–Crippen MR) is 98.3 cm³/mol. The van der Waals surface area contributed by atoms with E-state index in [1.54, 1.807) is 19.1 Å². The standard InChI is InChI=1S/C19H18N2O4S/c1-3-25-19(23)15(14-8-9-16-17(11-14)21-26-20-16)10-12-4-6-13(7-5-12)18(22)24-2/h4-9,11,15H,3,10H2,1-2H3. The van der Waals surface area contributed by atoms with Crippen molar-refractivity contribution in [1.29, 1.82) is 0 Å².